The molecular weight excluding hydrogens is 307 g/mol. The molecule has 1 aliphatic rings. The molecule has 0 N–H and O–H groups in total. The fraction of sp³-hybridized carbons (Fsp3) is 0.438. The van der Waals surface area contributed by atoms with Crippen molar-refractivity contribution >= 4 is 5.69 Å². The van der Waals surface area contributed by atoms with Gasteiger partial charge in [-0.2, -0.15) is 18.3 Å². The molecule has 0 radical (unpaired) electrons. The summed E-state index contributed by atoms with van der Waals surface area (Å²) in [6, 6.07) is 2.60. The van der Waals surface area contributed by atoms with Crippen LogP contribution in [0.5, 0.6) is 5.75 Å². The van der Waals surface area contributed by atoms with Crippen LogP contribution < -0.4 is 9.64 Å². The highest BCUT2D eigenvalue weighted by Gasteiger charge is 2.36. The first-order chi connectivity index (χ1) is 10.9. The Morgan fingerprint density at radius 2 is 1.87 bits per heavy atom. The van der Waals surface area contributed by atoms with Crippen LogP contribution in [0.25, 0.3) is 11.1 Å². The van der Waals surface area contributed by atoms with Crippen molar-refractivity contribution in [2.75, 3.05) is 25.1 Å². The van der Waals surface area contributed by atoms with E-state index in [9.17, 15) is 13.2 Å². The largest absolute Gasteiger partial charge is 0.490 e. The summed E-state index contributed by atoms with van der Waals surface area (Å²) >= 11 is 0. The zero-order valence-corrected chi connectivity index (χ0v) is 13.6. The fourth-order valence-corrected chi connectivity index (χ4v) is 2.43. The van der Waals surface area contributed by atoms with Crippen LogP contribution in [-0.2, 0) is 13.2 Å². The van der Waals surface area contributed by atoms with E-state index in [2.05, 4.69) is 5.10 Å². The summed E-state index contributed by atoms with van der Waals surface area (Å²) in [5.41, 5.74) is 0.293. The molecule has 0 amide bonds. The van der Waals surface area contributed by atoms with Crippen molar-refractivity contribution in [2.45, 2.75) is 20.0 Å². The Labute approximate surface area is 133 Å². The molecule has 1 aromatic carbocycles. The second-order valence-corrected chi connectivity index (χ2v) is 5.04. The van der Waals surface area contributed by atoms with Crippen LogP contribution in [-0.4, -0.2) is 30.0 Å². The monoisotopic (exact) mass is 327 g/mol. The van der Waals surface area contributed by atoms with Gasteiger partial charge < -0.3 is 9.64 Å². The number of fused-ring (bicyclic) bond motifs is 1. The highest BCUT2D eigenvalue weighted by Crippen LogP contribution is 2.44. The van der Waals surface area contributed by atoms with Crippen molar-refractivity contribution in [3.8, 4) is 16.9 Å². The van der Waals surface area contributed by atoms with E-state index < -0.39 is 11.7 Å². The topological polar surface area (TPSA) is 30.3 Å². The van der Waals surface area contributed by atoms with E-state index in [1.165, 1.54) is 16.9 Å². The lowest BCUT2D eigenvalue weighted by Gasteiger charge is -2.29. The van der Waals surface area contributed by atoms with Crippen LogP contribution >= 0.6 is 0 Å². The van der Waals surface area contributed by atoms with Crippen molar-refractivity contribution < 1.29 is 17.9 Å². The average Bonchev–Trinajstić information content (AvgIpc) is 2.94. The summed E-state index contributed by atoms with van der Waals surface area (Å²) in [4.78, 5) is 1.76. The van der Waals surface area contributed by atoms with Crippen LogP contribution in [0.2, 0.25) is 0 Å². The van der Waals surface area contributed by atoms with Gasteiger partial charge in [-0.25, -0.2) is 0 Å². The summed E-state index contributed by atoms with van der Waals surface area (Å²) in [5, 5.41) is 3.94. The number of ether oxygens (including phenoxy) is 1. The SMILES string of the molecule is CC.CN1CCOc2cc(-c3cnn(C)c3)c(C(F)(F)F)cc21. The van der Waals surface area contributed by atoms with Crippen molar-refractivity contribution in [1.82, 2.24) is 9.78 Å². The van der Waals surface area contributed by atoms with Gasteiger partial charge in [0.25, 0.3) is 0 Å². The smallest absolute Gasteiger partial charge is 0.417 e. The van der Waals surface area contributed by atoms with Crippen LogP contribution in [0.15, 0.2) is 24.5 Å². The minimum Gasteiger partial charge on any atom is -0.490 e. The van der Waals surface area contributed by atoms with Crippen molar-refractivity contribution in [1.29, 1.82) is 0 Å². The number of alkyl halides is 3. The molecule has 1 aliphatic heterocycles. The molecule has 1 aromatic heterocycles. The van der Waals surface area contributed by atoms with Gasteiger partial charge in [-0.3, -0.25) is 4.68 Å². The molecule has 0 saturated carbocycles. The van der Waals surface area contributed by atoms with E-state index in [0.717, 1.165) is 6.07 Å². The predicted octanol–water partition coefficient (Wildman–Crippen LogP) is 3.96. The zero-order valence-electron chi connectivity index (χ0n) is 13.6. The van der Waals surface area contributed by atoms with Crippen LogP contribution in [0.4, 0.5) is 18.9 Å². The van der Waals surface area contributed by atoms with E-state index >= 15 is 0 Å². The minimum absolute atomic E-state index is 0.0876. The van der Waals surface area contributed by atoms with Crippen molar-refractivity contribution in [3.63, 3.8) is 0 Å². The maximum Gasteiger partial charge on any atom is 0.417 e. The molecule has 4 nitrogen and oxygen atoms in total. The molecule has 0 fully saturated rings. The molecule has 0 unspecified atom stereocenters. The van der Waals surface area contributed by atoms with Crippen LogP contribution in [0, 0.1) is 0 Å². The Kier molecular flexibility index (Phi) is 4.87. The van der Waals surface area contributed by atoms with E-state index in [1.807, 2.05) is 13.8 Å². The van der Waals surface area contributed by atoms with E-state index in [-0.39, 0.29) is 5.56 Å². The third-order valence-corrected chi connectivity index (χ3v) is 3.52. The van der Waals surface area contributed by atoms with Gasteiger partial charge >= 0.3 is 6.18 Å². The lowest BCUT2D eigenvalue weighted by molar-refractivity contribution is -0.137. The number of rotatable bonds is 1. The first kappa shape index (κ1) is 17.2. The number of nitrogens with zero attached hydrogens (tertiary/aromatic N) is 3. The molecule has 126 valence electrons. The summed E-state index contributed by atoms with van der Waals surface area (Å²) in [6.45, 7) is 5.03. The number of likely N-dealkylation sites (N-methyl/N-ethyl adjacent to an activating group) is 1. The predicted molar refractivity (Wildman–Crippen MR) is 83.8 cm³/mol. The first-order valence-corrected chi connectivity index (χ1v) is 7.44. The van der Waals surface area contributed by atoms with Gasteiger partial charge in [0.1, 0.15) is 12.4 Å². The van der Waals surface area contributed by atoms with Gasteiger partial charge in [-0.15, -0.1) is 0 Å². The number of halogens is 3. The second-order valence-electron chi connectivity index (χ2n) is 5.04. The fourth-order valence-electron chi connectivity index (χ4n) is 2.43. The number of hydrogen-bond donors (Lipinski definition) is 0. The van der Waals surface area contributed by atoms with Crippen molar-refractivity contribution in [2.24, 2.45) is 7.05 Å². The summed E-state index contributed by atoms with van der Waals surface area (Å²) in [7, 11) is 3.42. The average molecular weight is 327 g/mol. The Morgan fingerprint density at radius 1 is 1.17 bits per heavy atom. The highest BCUT2D eigenvalue weighted by atomic mass is 19.4. The number of benzene rings is 1. The van der Waals surface area contributed by atoms with Crippen LogP contribution in [0.3, 0.4) is 0 Å². The van der Waals surface area contributed by atoms with Gasteiger partial charge in [0, 0.05) is 31.4 Å². The zero-order chi connectivity index (χ0) is 17.2. The molecule has 23 heavy (non-hydrogen) atoms. The number of aromatic nitrogens is 2. The lowest BCUT2D eigenvalue weighted by atomic mass is 9.99. The summed E-state index contributed by atoms with van der Waals surface area (Å²) in [6.07, 6.45) is -1.45. The van der Waals surface area contributed by atoms with Gasteiger partial charge in [0.05, 0.1) is 24.0 Å². The summed E-state index contributed by atoms with van der Waals surface area (Å²) < 4.78 is 47.0. The third-order valence-electron chi connectivity index (χ3n) is 3.52. The molecule has 2 heterocycles. The van der Waals surface area contributed by atoms with Gasteiger partial charge in [0.2, 0.25) is 0 Å². The first-order valence-electron chi connectivity index (χ1n) is 7.44. The van der Waals surface area contributed by atoms with Crippen molar-refractivity contribution in [3.05, 3.63) is 30.1 Å². The molecule has 0 spiro atoms. The van der Waals surface area contributed by atoms with Crippen LogP contribution in [0.1, 0.15) is 19.4 Å². The van der Waals surface area contributed by atoms with Gasteiger partial charge in [0.15, 0.2) is 0 Å². The summed E-state index contributed by atoms with van der Waals surface area (Å²) in [5.74, 6) is 0.468. The maximum atomic E-state index is 13.4. The maximum absolute atomic E-state index is 13.4. The molecule has 7 heteroatoms. The third kappa shape index (κ3) is 3.43. The van der Waals surface area contributed by atoms with E-state index in [1.54, 1.807) is 25.2 Å². The minimum atomic E-state index is -4.43. The Hall–Kier alpha value is -2.18. The highest BCUT2D eigenvalue weighted by molar-refractivity contribution is 5.75. The Bertz CT molecular complexity index is 680. The quantitative estimate of drug-likeness (QED) is 0.794. The van der Waals surface area contributed by atoms with E-state index in [0.29, 0.717) is 30.2 Å². The molecule has 3 rings (SSSR count). The molecule has 2 aromatic rings. The second kappa shape index (κ2) is 6.52. The normalized spacial score (nSPS) is 13.8. The standard InChI is InChI=1S/C14H14F3N3O.C2H6/c1-19-3-4-21-13-5-10(9-7-18-20(2)8-9)11(6-12(13)19)14(15,16)17;1-2/h5-8H,3-4H2,1-2H3;1-2H3. The molecule has 0 aliphatic carbocycles. The Morgan fingerprint density at radius 3 is 2.43 bits per heavy atom. The molecule has 0 atom stereocenters. The van der Waals surface area contributed by atoms with E-state index in [4.69, 9.17) is 4.74 Å². The van der Waals surface area contributed by atoms with Gasteiger partial charge in [-0.05, 0) is 12.1 Å². The Balaban J connectivity index is 0.000000924. The molecule has 0 bridgehead atoms. The number of aryl methyl sites for hydroxylation is 1. The lowest BCUT2D eigenvalue weighted by Crippen LogP contribution is -2.29. The number of anilines is 1. The molecular formula is C16H20F3N3O. The molecule has 0 saturated heterocycles. The number of hydrogen-bond acceptors (Lipinski definition) is 3. The van der Waals surface area contributed by atoms with Gasteiger partial charge in [-0.1, -0.05) is 13.8 Å².